The molecule has 0 N–H and O–H groups in total. The van der Waals surface area contributed by atoms with Crippen LogP contribution in [0, 0.1) is 0 Å². The van der Waals surface area contributed by atoms with E-state index in [-0.39, 0.29) is 11.8 Å². The Morgan fingerprint density at radius 3 is 2.07 bits per heavy atom. The van der Waals surface area contributed by atoms with Crippen LogP contribution in [0.1, 0.15) is 13.8 Å². The summed E-state index contributed by atoms with van der Waals surface area (Å²) in [6.07, 6.45) is 2.66. The van der Waals surface area contributed by atoms with E-state index in [1.54, 1.807) is 0 Å². The lowest BCUT2D eigenvalue weighted by Gasteiger charge is -2.35. The van der Waals surface area contributed by atoms with Gasteiger partial charge < -0.3 is 4.48 Å². The summed E-state index contributed by atoms with van der Waals surface area (Å²) in [4.78, 5) is 23.9. The number of rotatable bonds is 4. The van der Waals surface area contributed by atoms with Crippen molar-refractivity contribution in [1.29, 1.82) is 0 Å². The molecule has 0 spiro atoms. The molecule has 4 nitrogen and oxygen atoms in total. The van der Waals surface area contributed by atoms with E-state index >= 15 is 0 Å². The monoisotopic (exact) mass is 211 g/mol. The average molecular weight is 211 g/mol. The second-order valence-electron chi connectivity index (χ2n) is 4.76. The van der Waals surface area contributed by atoms with E-state index in [2.05, 4.69) is 27.9 Å². The minimum atomic E-state index is -0.191. The third-order valence-electron chi connectivity index (χ3n) is 3.20. The number of hydrogen-bond donors (Lipinski definition) is 0. The second kappa shape index (κ2) is 4.14. The van der Waals surface area contributed by atoms with Gasteiger partial charge in [0, 0.05) is 12.2 Å². The van der Waals surface area contributed by atoms with Crippen molar-refractivity contribution in [3.8, 4) is 0 Å². The standard InChI is InChI=1S/C11H19N2O2/c1-9(2)13(3,4)8-7-12-10(14)5-6-11(12)15/h5-6,9H,7-8H2,1-4H3/q+1. The summed E-state index contributed by atoms with van der Waals surface area (Å²) in [5.74, 6) is -0.382. The fraction of sp³-hybridized carbons (Fsp3) is 0.636. The maximum absolute atomic E-state index is 11.3. The van der Waals surface area contributed by atoms with Crippen LogP contribution >= 0.6 is 0 Å². The number of quaternary nitrogens is 1. The van der Waals surface area contributed by atoms with Gasteiger partial charge in [0.2, 0.25) is 0 Å². The predicted octanol–water partition coefficient (Wildman–Crippen LogP) is 0.396. The van der Waals surface area contributed by atoms with Crippen LogP contribution in [0.25, 0.3) is 0 Å². The Morgan fingerprint density at radius 2 is 1.67 bits per heavy atom. The van der Waals surface area contributed by atoms with Crippen LogP contribution < -0.4 is 0 Å². The first kappa shape index (κ1) is 11.9. The van der Waals surface area contributed by atoms with Gasteiger partial charge in [0.15, 0.2) is 0 Å². The first-order valence-corrected chi connectivity index (χ1v) is 5.21. The van der Waals surface area contributed by atoms with Gasteiger partial charge in [-0.15, -0.1) is 0 Å². The second-order valence-corrected chi connectivity index (χ2v) is 4.76. The summed E-state index contributed by atoms with van der Waals surface area (Å²) in [6, 6.07) is 0.478. The maximum atomic E-state index is 11.3. The predicted molar refractivity (Wildman–Crippen MR) is 58.0 cm³/mol. The van der Waals surface area contributed by atoms with Crippen LogP contribution in [0.2, 0.25) is 0 Å². The van der Waals surface area contributed by atoms with Gasteiger partial charge in [-0.2, -0.15) is 0 Å². The van der Waals surface area contributed by atoms with Crippen molar-refractivity contribution in [3.05, 3.63) is 12.2 Å². The fourth-order valence-corrected chi connectivity index (χ4v) is 1.27. The zero-order valence-corrected chi connectivity index (χ0v) is 9.86. The molecule has 1 aliphatic heterocycles. The first-order chi connectivity index (χ1) is 6.84. The molecule has 0 aromatic rings. The van der Waals surface area contributed by atoms with Gasteiger partial charge in [0.05, 0.1) is 33.2 Å². The number of likely N-dealkylation sites (N-methyl/N-ethyl adjacent to an activating group) is 1. The highest BCUT2D eigenvalue weighted by molar-refractivity contribution is 6.12. The number of nitrogens with zero attached hydrogens (tertiary/aromatic N) is 2. The van der Waals surface area contributed by atoms with Gasteiger partial charge in [0.25, 0.3) is 11.8 Å². The van der Waals surface area contributed by atoms with Gasteiger partial charge in [0.1, 0.15) is 0 Å². The summed E-state index contributed by atoms with van der Waals surface area (Å²) in [5.41, 5.74) is 0. The summed E-state index contributed by atoms with van der Waals surface area (Å²) in [5, 5.41) is 0. The van der Waals surface area contributed by atoms with Crippen LogP contribution in [0.3, 0.4) is 0 Å². The Bertz CT molecular complexity index is 288. The van der Waals surface area contributed by atoms with E-state index in [1.165, 1.54) is 17.1 Å². The molecule has 0 saturated carbocycles. The van der Waals surface area contributed by atoms with Gasteiger partial charge >= 0.3 is 0 Å². The molecule has 0 atom stereocenters. The molecule has 0 aromatic heterocycles. The molecule has 2 amide bonds. The Labute approximate surface area is 90.7 Å². The van der Waals surface area contributed by atoms with Gasteiger partial charge in [-0.25, -0.2) is 0 Å². The van der Waals surface area contributed by atoms with Crippen LogP contribution in [0.4, 0.5) is 0 Å². The summed E-state index contributed by atoms with van der Waals surface area (Å²) in [6.45, 7) is 5.55. The van der Waals surface area contributed by atoms with Gasteiger partial charge in [-0.1, -0.05) is 0 Å². The van der Waals surface area contributed by atoms with E-state index in [4.69, 9.17) is 0 Å². The van der Waals surface area contributed by atoms with E-state index < -0.39 is 0 Å². The normalized spacial score (nSPS) is 17.0. The Hall–Kier alpha value is -1.16. The third kappa shape index (κ3) is 2.65. The van der Waals surface area contributed by atoms with E-state index in [0.29, 0.717) is 12.6 Å². The van der Waals surface area contributed by atoms with E-state index in [1.807, 2.05) is 0 Å². The number of amides is 2. The Kier molecular flexibility index (Phi) is 3.29. The van der Waals surface area contributed by atoms with Crippen LogP contribution in [0.5, 0.6) is 0 Å². The number of carbonyl (C=O) groups excluding carboxylic acids is 2. The van der Waals surface area contributed by atoms with E-state index in [9.17, 15) is 9.59 Å². The van der Waals surface area contributed by atoms with Gasteiger partial charge in [-0.05, 0) is 13.8 Å². The fourth-order valence-electron chi connectivity index (χ4n) is 1.27. The molecule has 1 aliphatic rings. The Balaban J connectivity index is 2.51. The van der Waals surface area contributed by atoms with Crippen molar-refractivity contribution in [2.24, 2.45) is 0 Å². The van der Waals surface area contributed by atoms with Crippen molar-refractivity contribution in [1.82, 2.24) is 4.90 Å². The molecule has 0 aliphatic carbocycles. The molecule has 0 saturated heterocycles. The van der Waals surface area contributed by atoms with Crippen molar-refractivity contribution >= 4 is 11.8 Å². The minimum absolute atomic E-state index is 0.191. The zero-order chi connectivity index (χ0) is 11.6. The topological polar surface area (TPSA) is 37.4 Å². The molecule has 0 fully saturated rings. The highest BCUT2D eigenvalue weighted by Gasteiger charge is 2.27. The molecule has 0 bridgehead atoms. The molecule has 4 heteroatoms. The maximum Gasteiger partial charge on any atom is 0.253 e. The SMILES string of the molecule is CC(C)[N+](C)(C)CCN1C(=O)C=CC1=O. The largest absolute Gasteiger partial charge is 0.325 e. The first-order valence-electron chi connectivity index (χ1n) is 5.21. The third-order valence-corrected chi connectivity index (χ3v) is 3.20. The van der Waals surface area contributed by atoms with Crippen molar-refractivity contribution in [2.75, 3.05) is 27.2 Å². The summed E-state index contributed by atoms with van der Waals surface area (Å²) < 4.78 is 0.803. The molecule has 1 heterocycles. The quantitative estimate of drug-likeness (QED) is 0.498. The molecule has 0 radical (unpaired) electrons. The van der Waals surface area contributed by atoms with Crippen molar-refractivity contribution in [3.63, 3.8) is 0 Å². The number of hydrogen-bond acceptors (Lipinski definition) is 2. The zero-order valence-electron chi connectivity index (χ0n) is 9.86. The van der Waals surface area contributed by atoms with Crippen LogP contribution in [-0.4, -0.2) is 54.4 Å². The number of carbonyl (C=O) groups is 2. The highest BCUT2D eigenvalue weighted by Crippen LogP contribution is 2.08. The van der Waals surface area contributed by atoms with Crippen LogP contribution in [0.15, 0.2) is 12.2 Å². The van der Waals surface area contributed by atoms with E-state index in [0.717, 1.165) is 11.0 Å². The molecule has 0 aromatic carbocycles. The Morgan fingerprint density at radius 1 is 1.20 bits per heavy atom. The molecule has 0 unspecified atom stereocenters. The van der Waals surface area contributed by atoms with Crippen LogP contribution in [-0.2, 0) is 9.59 Å². The lowest BCUT2D eigenvalue weighted by atomic mass is 10.3. The van der Waals surface area contributed by atoms with Gasteiger partial charge in [-0.3, -0.25) is 14.5 Å². The molecule has 1 rings (SSSR count). The summed E-state index contributed by atoms with van der Waals surface area (Å²) >= 11 is 0. The minimum Gasteiger partial charge on any atom is -0.325 e. The molecule has 84 valence electrons. The van der Waals surface area contributed by atoms with Crippen molar-refractivity contribution in [2.45, 2.75) is 19.9 Å². The highest BCUT2D eigenvalue weighted by atomic mass is 16.2. The summed E-state index contributed by atoms with van der Waals surface area (Å²) in [7, 11) is 4.20. The number of imide groups is 1. The molecular formula is C11H19N2O2+. The smallest absolute Gasteiger partial charge is 0.253 e. The molecular weight excluding hydrogens is 192 g/mol. The lowest BCUT2D eigenvalue weighted by Crippen LogP contribution is -2.50. The lowest BCUT2D eigenvalue weighted by molar-refractivity contribution is -0.910. The molecule has 15 heavy (non-hydrogen) atoms. The van der Waals surface area contributed by atoms with Crippen molar-refractivity contribution < 1.29 is 14.1 Å². The average Bonchev–Trinajstić information content (AvgIpc) is 2.43.